The maximum atomic E-state index is 5.53. The molecule has 0 saturated heterocycles. The number of hydrogen-bond acceptors (Lipinski definition) is 3. The third-order valence-electron chi connectivity index (χ3n) is 2.32. The van der Waals surface area contributed by atoms with E-state index < -0.39 is 0 Å². The van der Waals surface area contributed by atoms with Crippen LogP contribution in [0.4, 0.5) is 0 Å². The highest BCUT2D eigenvalue weighted by Crippen LogP contribution is 2.25. The van der Waals surface area contributed by atoms with E-state index in [2.05, 4.69) is 33.4 Å². The molecule has 5 heteroatoms. The number of nitrogens with two attached hydrogens (primary N) is 1. The molecule has 3 N–H and O–H groups in total. The number of hydrogen-bond donors (Lipinski definition) is 2. The van der Waals surface area contributed by atoms with E-state index in [1.807, 2.05) is 11.7 Å². The van der Waals surface area contributed by atoms with Gasteiger partial charge in [0, 0.05) is 7.05 Å². The second kappa shape index (κ2) is 5.48. The largest absolute Gasteiger partial charge is 0.271 e. The molecule has 1 heterocycles. The highest BCUT2D eigenvalue weighted by molar-refractivity contribution is 9.10. The van der Waals surface area contributed by atoms with E-state index in [1.165, 1.54) is 6.42 Å². The first kappa shape index (κ1) is 11.7. The molecule has 0 radical (unpaired) electrons. The molecule has 1 aromatic rings. The van der Waals surface area contributed by atoms with Gasteiger partial charge in [0.2, 0.25) is 0 Å². The van der Waals surface area contributed by atoms with Gasteiger partial charge in [-0.05, 0) is 22.4 Å². The van der Waals surface area contributed by atoms with Crippen LogP contribution in [0.3, 0.4) is 0 Å². The fourth-order valence-corrected chi connectivity index (χ4v) is 2.14. The Balaban J connectivity index is 2.77. The molecule has 4 nitrogen and oxygen atoms in total. The molecule has 0 aliphatic rings. The lowest BCUT2D eigenvalue weighted by molar-refractivity contribution is 0.463. The van der Waals surface area contributed by atoms with Crippen molar-refractivity contribution in [2.24, 2.45) is 12.9 Å². The maximum absolute atomic E-state index is 5.53. The third kappa shape index (κ3) is 2.56. The lowest BCUT2D eigenvalue weighted by atomic mass is 10.1. The topological polar surface area (TPSA) is 55.9 Å². The van der Waals surface area contributed by atoms with Crippen LogP contribution in [0.1, 0.15) is 37.9 Å². The molecule has 0 bridgehead atoms. The minimum Gasteiger partial charge on any atom is -0.271 e. The minimum atomic E-state index is 0.178. The average molecular weight is 261 g/mol. The fraction of sp³-hybridized carbons (Fsp3) is 0.667. The molecule has 0 aromatic carbocycles. The quantitative estimate of drug-likeness (QED) is 0.628. The molecular weight excluding hydrogens is 244 g/mol. The Morgan fingerprint density at radius 2 is 2.43 bits per heavy atom. The Kier molecular flexibility index (Phi) is 4.57. The van der Waals surface area contributed by atoms with Gasteiger partial charge < -0.3 is 0 Å². The molecule has 0 aliphatic heterocycles. The van der Waals surface area contributed by atoms with Gasteiger partial charge in [-0.15, -0.1) is 0 Å². The van der Waals surface area contributed by atoms with Gasteiger partial charge in [-0.1, -0.05) is 19.8 Å². The Hall–Kier alpha value is -0.390. The summed E-state index contributed by atoms with van der Waals surface area (Å²) in [5.74, 6) is 5.53. The zero-order valence-corrected chi connectivity index (χ0v) is 10.2. The van der Waals surface area contributed by atoms with Crippen LogP contribution in [0.15, 0.2) is 10.7 Å². The van der Waals surface area contributed by atoms with E-state index in [0.717, 1.165) is 23.0 Å². The van der Waals surface area contributed by atoms with Crippen molar-refractivity contribution in [3.05, 3.63) is 16.4 Å². The van der Waals surface area contributed by atoms with Gasteiger partial charge in [0.15, 0.2) is 0 Å². The zero-order chi connectivity index (χ0) is 10.6. The summed E-state index contributed by atoms with van der Waals surface area (Å²) in [6, 6.07) is 0.178. The monoisotopic (exact) mass is 260 g/mol. The first-order valence-electron chi connectivity index (χ1n) is 4.84. The maximum Gasteiger partial charge on any atom is 0.0705 e. The molecule has 1 atom stereocenters. The first-order chi connectivity index (χ1) is 6.70. The highest BCUT2D eigenvalue weighted by atomic mass is 79.9. The lowest BCUT2D eigenvalue weighted by Crippen LogP contribution is -2.29. The van der Waals surface area contributed by atoms with E-state index >= 15 is 0 Å². The van der Waals surface area contributed by atoms with Crippen molar-refractivity contribution in [2.45, 2.75) is 32.2 Å². The SMILES string of the molecule is CCCCC(NN)c1c(Br)cnn1C. The van der Waals surface area contributed by atoms with Crippen molar-refractivity contribution in [1.82, 2.24) is 15.2 Å². The number of aromatic nitrogens is 2. The molecule has 0 saturated carbocycles. The van der Waals surface area contributed by atoms with Crippen molar-refractivity contribution in [3.8, 4) is 0 Å². The van der Waals surface area contributed by atoms with Gasteiger partial charge in [0.05, 0.1) is 22.4 Å². The van der Waals surface area contributed by atoms with Crippen LogP contribution >= 0.6 is 15.9 Å². The minimum absolute atomic E-state index is 0.178. The van der Waals surface area contributed by atoms with Crippen molar-refractivity contribution in [3.63, 3.8) is 0 Å². The van der Waals surface area contributed by atoms with Gasteiger partial charge in [0.25, 0.3) is 0 Å². The van der Waals surface area contributed by atoms with Crippen LogP contribution in [0.25, 0.3) is 0 Å². The molecule has 0 spiro atoms. The van der Waals surface area contributed by atoms with E-state index in [1.54, 1.807) is 6.20 Å². The van der Waals surface area contributed by atoms with Gasteiger partial charge in [-0.25, -0.2) is 0 Å². The smallest absolute Gasteiger partial charge is 0.0705 e. The summed E-state index contributed by atoms with van der Waals surface area (Å²) in [6.45, 7) is 2.17. The van der Waals surface area contributed by atoms with E-state index in [9.17, 15) is 0 Å². The fourth-order valence-electron chi connectivity index (χ4n) is 1.52. The van der Waals surface area contributed by atoms with Crippen molar-refractivity contribution in [1.29, 1.82) is 0 Å². The second-order valence-corrected chi connectivity index (χ2v) is 4.22. The van der Waals surface area contributed by atoms with E-state index in [4.69, 9.17) is 5.84 Å². The summed E-state index contributed by atoms with van der Waals surface area (Å²) in [5, 5.41) is 4.17. The van der Waals surface area contributed by atoms with Crippen LogP contribution in [-0.4, -0.2) is 9.78 Å². The number of halogens is 1. The van der Waals surface area contributed by atoms with E-state index in [-0.39, 0.29) is 6.04 Å². The summed E-state index contributed by atoms with van der Waals surface area (Å²) >= 11 is 3.47. The summed E-state index contributed by atoms with van der Waals surface area (Å²) in [4.78, 5) is 0. The molecule has 0 aliphatic carbocycles. The standard InChI is InChI=1S/C9H17BrN4/c1-3-4-5-8(13-11)9-7(10)6-12-14(9)2/h6,8,13H,3-5,11H2,1-2H3. The van der Waals surface area contributed by atoms with Gasteiger partial charge in [0.1, 0.15) is 0 Å². The molecule has 0 fully saturated rings. The van der Waals surface area contributed by atoms with Crippen LogP contribution < -0.4 is 11.3 Å². The van der Waals surface area contributed by atoms with Gasteiger partial charge in [-0.2, -0.15) is 5.10 Å². The number of hydrazine groups is 1. The zero-order valence-electron chi connectivity index (χ0n) is 8.63. The van der Waals surface area contributed by atoms with Crippen molar-refractivity contribution < 1.29 is 0 Å². The highest BCUT2D eigenvalue weighted by Gasteiger charge is 2.16. The lowest BCUT2D eigenvalue weighted by Gasteiger charge is -2.16. The Bertz CT molecular complexity index is 265. The number of unbranched alkanes of at least 4 members (excludes halogenated alkanes) is 1. The predicted molar refractivity (Wildman–Crippen MR) is 60.5 cm³/mol. The number of nitrogens with one attached hydrogen (secondary N) is 1. The Morgan fingerprint density at radius 1 is 1.71 bits per heavy atom. The molecular formula is C9H17BrN4. The molecule has 0 amide bonds. The molecule has 1 aromatic heterocycles. The molecule has 1 unspecified atom stereocenters. The van der Waals surface area contributed by atoms with Crippen molar-refractivity contribution >= 4 is 15.9 Å². The summed E-state index contributed by atoms with van der Waals surface area (Å²) in [7, 11) is 1.93. The summed E-state index contributed by atoms with van der Waals surface area (Å²) in [6.07, 6.45) is 5.16. The van der Waals surface area contributed by atoms with Crippen LogP contribution in [-0.2, 0) is 7.05 Å². The number of nitrogens with zero attached hydrogens (tertiary/aromatic N) is 2. The summed E-state index contributed by atoms with van der Waals surface area (Å²) in [5.41, 5.74) is 3.94. The Labute approximate surface area is 93.0 Å². The molecule has 1 rings (SSSR count). The van der Waals surface area contributed by atoms with Gasteiger partial charge >= 0.3 is 0 Å². The molecule has 14 heavy (non-hydrogen) atoms. The van der Waals surface area contributed by atoms with Crippen LogP contribution in [0, 0.1) is 0 Å². The Morgan fingerprint density at radius 3 is 2.86 bits per heavy atom. The van der Waals surface area contributed by atoms with Gasteiger partial charge in [-0.3, -0.25) is 16.0 Å². The second-order valence-electron chi connectivity index (χ2n) is 3.36. The third-order valence-corrected chi connectivity index (χ3v) is 2.93. The van der Waals surface area contributed by atoms with Crippen molar-refractivity contribution in [2.75, 3.05) is 0 Å². The molecule has 80 valence electrons. The summed E-state index contributed by atoms with van der Waals surface area (Å²) < 4.78 is 2.86. The number of aryl methyl sites for hydroxylation is 1. The van der Waals surface area contributed by atoms with Crippen LogP contribution in [0.5, 0.6) is 0 Å². The average Bonchev–Trinajstić information content (AvgIpc) is 2.50. The normalized spacial score (nSPS) is 13.1. The predicted octanol–water partition coefficient (Wildman–Crippen LogP) is 1.88. The first-order valence-corrected chi connectivity index (χ1v) is 5.63. The number of rotatable bonds is 5. The van der Waals surface area contributed by atoms with E-state index in [0.29, 0.717) is 0 Å². The van der Waals surface area contributed by atoms with Crippen LogP contribution in [0.2, 0.25) is 0 Å².